The predicted molar refractivity (Wildman–Crippen MR) is 111 cm³/mol. The summed E-state index contributed by atoms with van der Waals surface area (Å²) in [6.45, 7) is 1.95. The van der Waals surface area contributed by atoms with Crippen LogP contribution in [0.4, 0.5) is 11.4 Å². The van der Waals surface area contributed by atoms with Gasteiger partial charge in [-0.1, -0.05) is 42.5 Å². The van der Waals surface area contributed by atoms with Crippen molar-refractivity contribution >= 4 is 23.1 Å². The summed E-state index contributed by atoms with van der Waals surface area (Å²) in [6.07, 6.45) is 0. The molecular formula is C23H20N2O4. The number of carbonyl (C=O) groups excluding carboxylic acids is 2. The number of hydrogen-bond donors (Lipinski definition) is 2. The number of ether oxygens (including phenoxy) is 2. The third kappa shape index (κ3) is 4.06. The molecular weight excluding hydrogens is 368 g/mol. The maximum absolute atomic E-state index is 12.8. The van der Waals surface area contributed by atoms with Crippen LogP contribution in [-0.2, 0) is 4.79 Å². The fourth-order valence-corrected chi connectivity index (χ4v) is 3.08. The van der Waals surface area contributed by atoms with Crippen molar-refractivity contribution in [3.63, 3.8) is 0 Å². The summed E-state index contributed by atoms with van der Waals surface area (Å²) in [4.78, 5) is 25.5. The molecule has 6 heteroatoms. The molecule has 0 spiro atoms. The molecule has 146 valence electrons. The SMILES string of the molecule is CC(Nc1ccc2c(c1)OCO2)C(=O)Nc1ccccc1C(=O)c1ccccc1. The summed E-state index contributed by atoms with van der Waals surface area (Å²) in [5.74, 6) is 0.927. The van der Waals surface area contributed by atoms with Gasteiger partial charge in [0.05, 0.1) is 5.69 Å². The quantitative estimate of drug-likeness (QED) is 0.622. The third-order valence-electron chi connectivity index (χ3n) is 4.61. The van der Waals surface area contributed by atoms with E-state index in [4.69, 9.17) is 9.47 Å². The highest BCUT2D eigenvalue weighted by atomic mass is 16.7. The maximum atomic E-state index is 12.8. The Morgan fingerprint density at radius 1 is 0.897 bits per heavy atom. The van der Waals surface area contributed by atoms with Crippen LogP contribution in [0.2, 0.25) is 0 Å². The highest BCUT2D eigenvalue weighted by Crippen LogP contribution is 2.34. The third-order valence-corrected chi connectivity index (χ3v) is 4.61. The second-order valence-corrected chi connectivity index (χ2v) is 6.66. The van der Waals surface area contributed by atoms with Crippen LogP contribution < -0.4 is 20.1 Å². The number of benzene rings is 3. The van der Waals surface area contributed by atoms with E-state index in [1.54, 1.807) is 55.5 Å². The van der Waals surface area contributed by atoms with Gasteiger partial charge in [-0.2, -0.15) is 0 Å². The Bertz CT molecular complexity index is 1050. The normalized spacial score (nSPS) is 12.9. The molecule has 1 aliphatic heterocycles. The maximum Gasteiger partial charge on any atom is 0.246 e. The zero-order valence-corrected chi connectivity index (χ0v) is 15.8. The molecule has 1 heterocycles. The number of amides is 1. The number of carbonyl (C=O) groups is 2. The number of fused-ring (bicyclic) bond motifs is 1. The lowest BCUT2D eigenvalue weighted by atomic mass is 10.0. The van der Waals surface area contributed by atoms with Crippen molar-refractivity contribution in [1.29, 1.82) is 0 Å². The van der Waals surface area contributed by atoms with Crippen LogP contribution in [0, 0.1) is 0 Å². The molecule has 0 saturated heterocycles. The van der Waals surface area contributed by atoms with Crippen LogP contribution in [0.5, 0.6) is 11.5 Å². The molecule has 0 radical (unpaired) electrons. The Balaban J connectivity index is 1.48. The molecule has 0 aromatic heterocycles. The van der Waals surface area contributed by atoms with Gasteiger partial charge in [0.2, 0.25) is 12.7 Å². The average Bonchev–Trinajstić information content (AvgIpc) is 3.22. The van der Waals surface area contributed by atoms with Gasteiger partial charge in [0, 0.05) is 22.9 Å². The van der Waals surface area contributed by atoms with Crippen molar-refractivity contribution in [2.75, 3.05) is 17.4 Å². The molecule has 1 atom stereocenters. The van der Waals surface area contributed by atoms with Gasteiger partial charge in [-0.15, -0.1) is 0 Å². The first kappa shape index (κ1) is 18.6. The van der Waals surface area contributed by atoms with E-state index < -0.39 is 6.04 Å². The van der Waals surface area contributed by atoms with E-state index in [1.165, 1.54) is 0 Å². The van der Waals surface area contributed by atoms with Gasteiger partial charge in [-0.25, -0.2) is 0 Å². The molecule has 4 rings (SSSR count). The number of ketones is 1. The molecule has 3 aromatic rings. The zero-order valence-electron chi connectivity index (χ0n) is 15.8. The summed E-state index contributed by atoms with van der Waals surface area (Å²) in [5.41, 5.74) is 2.24. The molecule has 0 bridgehead atoms. The van der Waals surface area contributed by atoms with E-state index in [-0.39, 0.29) is 18.5 Å². The van der Waals surface area contributed by atoms with Crippen LogP contribution in [0.25, 0.3) is 0 Å². The van der Waals surface area contributed by atoms with Crippen molar-refractivity contribution in [2.24, 2.45) is 0 Å². The topological polar surface area (TPSA) is 76.7 Å². The molecule has 0 saturated carbocycles. The second kappa shape index (κ2) is 8.06. The first-order valence-corrected chi connectivity index (χ1v) is 9.27. The highest BCUT2D eigenvalue weighted by Gasteiger charge is 2.19. The van der Waals surface area contributed by atoms with Gasteiger partial charge in [0.25, 0.3) is 0 Å². The average molecular weight is 388 g/mol. The molecule has 29 heavy (non-hydrogen) atoms. The first-order chi connectivity index (χ1) is 14.1. The van der Waals surface area contributed by atoms with E-state index in [1.807, 2.05) is 24.3 Å². The lowest BCUT2D eigenvalue weighted by Gasteiger charge is -2.17. The molecule has 2 N–H and O–H groups in total. The number of nitrogens with one attached hydrogen (secondary N) is 2. The molecule has 3 aromatic carbocycles. The van der Waals surface area contributed by atoms with E-state index in [9.17, 15) is 9.59 Å². The monoisotopic (exact) mass is 388 g/mol. The molecule has 1 aliphatic rings. The van der Waals surface area contributed by atoms with E-state index in [0.717, 1.165) is 5.69 Å². The molecule has 0 fully saturated rings. The second-order valence-electron chi connectivity index (χ2n) is 6.66. The van der Waals surface area contributed by atoms with Crippen LogP contribution in [0.3, 0.4) is 0 Å². The van der Waals surface area contributed by atoms with Gasteiger partial charge < -0.3 is 20.1 Å². The fourth-order valence-electron chi connectivity index (χ4n) is 3.08. The van der Waals surface area contributed by atoms with E-state index in [2.05, 4.69) is 10.6 Å². The smallest absolute Gasteiger partial charge is 0.246 e. The lowest BCUT2D eigenvalue weighted by molar-refractivity contribution is -0.116. The molecule has 1 amide bonds. The Kier molecular flexibility index (Phi) is 5.16. The fraction of sp³-hybridized carbons (Fsp3) is 0.130. The standard InChI is InChI=1S/C23H20N2O4/c1-15(24-17-11-12-20-21(13-17)29-14-28-20)23(27)25-19-10-6-5-9-18(19)22(26)16-7-3-2-4-8-16/h2-13,15,24H,14H2,1H3,(H,25,27). The minimum atomic E-state index is -0.532. The summed E-state index contributed by atoms with van der Waals surface area (Å²) >= 11 is 0. The Labute approximate surface area is 168 Å². The van der Waals surface area contributed by atoms with Gasteiger partial charge >= 0.3 is 0 Å². The minimum Gasteiger partial charge on any atom is -0.454 e. The van der Waals surface area contributed by atoms with Crippen molar-refractivity contribution in [3.05, 3.63) is 83.9 Å². The van der Waals surface area contributed by atoms with Gasteiger partial charge in [0.15, 0.2) is 17.3 Å². The van der Waals surface area contributed by atoms with E-state index in [0.29, 0.717) is 28.3 Å². The van der Waals surface area contributed by atoms with Crippen molar-refractivity contribution in [3.8, 4) is 11.5 Å². The van der Waals surface area contributed by atoms with Gasteiger partial charge in [-0.05, 0) is 31.2 Å². The van der Waals surface area contributed by atoms with Crippen LogP contribution in [0.15, 0.2) is 72.8 Å². The number of rotatable bonds is 6. The Morgan fingerprint density at radius 3 is 2.45 bits per heavy atom. The minimum absolute atomic E-state index is 0.141. The van der Waals surface area contributed by atoms with Crippen molar-refractivity contribution in [2.45, 2.75) is 13.0 Å². The zero-order chi connectivity index (χ0) is 20.2. The van der Waals surface area contributed by atoms with Crippen molar-refractivity contribution in [1.82, 2.24) is 0 Å². The van der Waals surface area contributed by atoms with Crippen LogP contribution in [-0.4, -0.2) is 24.5 Å². The first-order valence-electron chi connectivity index (χ1n) is 9.27. The molecule has 1 unspecified atom stereocenters. The number of anilines is 2. The molecule has 6 nitrogen and oxygen atoms in total. The Hall–Kier alpha value is -3.80. The number of para-hydroxylation sites is 1. The largest absolute Gasteiger partial charge is 0.454 e. The number of hydrogen-bond acceptors (Lipinski definition) is 5. The summed E-state index contributed by atoms with van der Waals surface area (Å²) in [5, 5.41) is 5.99. The summed E-state index contributed by atoms with van der Waals surface area (Å²) in [6, 6.07) is 20.9. The van der Waals surface area contributed by atoms with Gasteiger partial charge in [0.1, 0.15) is 6.04 Å². The van der Waals surface area contributed by atoms with E-state index >= 15 is 0 Å². The van der Waals surface area contributed by atoms with Crippen molar-refractivity contribution < 1.29 is 19.1 Å². The predicted octanol–water partition coefficient (Wildman–Crippen LogP) is 4.09. The summed E-state index contributed by atoms with van der Waals surface area (Å²) in [7, 11) is 0. The lowest BCUT2D eigenvalue weighted by Crippen LogP contribution is -2.32. The summed E-state index contributed by atoms with van der Waals surface area (Å²) < 4.78 is 10.7. The van der Waals surface area contributed by atoms with Crippen LogP contribution in [0.1, 0.15) is 22.8 Å². The van der Waals surface area contributed by atoms with Crippen LogP contribution >= 0.6 is 0 Å². The molecule has 0 aliphatic carbocycles. The Morgan fingerprint density at radius 2 is 1.62 bits per heavy atom. The highest BCUT2D eigenvalue weighted by molar-refractivity contribution is 6.14. The van der Waals surface area contributed by atoms with Gasteiger partial charge in [-0.3, -0.25) is 9.59 Å².